The van der Waals surface area contributed by atoms with Crippen LogP contribution in [0.25, 0.3) is 0 Å². The Morgan fingerprint density at radius 2 is 1.96 bits per heavy atom. The zero-order valence-corrected chi connectivity index (χ0v) is 12.2. The second-order valence-electron chi connectivity index (χ2n) is 5.76. The van der Waals surface area contributed by atoms with Gasteiger partial charge in [0.1, 0.15) is 17.5 Å². The van der Waals surface area contributed by atoms with Gasteiger partial charge in [-0.2, -0.15) is 0 Å². The first kappa shape index (κ1) is 14.8. The summed E-state index contributed by atoms with van der Waals surface area (Å²) < 4.78 is 45.8. The van der Waals surface area contributed by atoms with E-state index in [0.29, 0.717) is 0 Å². The van der Waals surface area contributed by atoms with E-state index in [0.717, 1.165) is 18.3 Å². The van der Waals surface area contributed by atoms with Crippen LogP contribution in [0.5, 0.6) is 5.75 Å². The lowest BCUT2D eigenvalue weighted by atomic mass is 10.0. The molecule has 1 aromatic heterocycles. The fourth-order valence-corrected chi connectivity index (χ4v) is 3.11. The number of anilines is 1. The van der Waals surface area contributed by atoms with E-state index in [1.165, 1.54) is 12.1 Å². The molecule has 0 bridgehead atoms. The van der Waals surface area contributed by atoms with Crippen molar-refractivity contribution in [2.75, 3.05) is 11.9 Å². The Hall–Kier alpha value is -2.77. The van der Waals surface area contributed by atoms with Crippen LogP contribution in [-0.2, 0) is 0 Å². The van der Waals surface area contributed by atoms with E-state index in [9.17, 15) is 18.0 Å². The van der Waals surface area contributed by atoms with Gasteiger partial charge in [-0.05, 0) is 24.3 Å². The normalized spacial score (nSPS) is 23.5. The SMILES string of the molecule is O=C(Nc1ccc(F)cn1)N[C@@H]1[C@@H]2COc3c(F)ccc(F)c3[C@@H]21. The average molecular weight is 335 g/mol. The molecule has 2 aromatic rings. The number of nitrogens with zero attached hydrogens (tertiary/aromatic N) is 1. The van der Waals surface area contributed by atoms with Gasteiger partial charge < -0.3 is 10.1 Å². The minimum absolute atomic E-state index is 0.0823. The van der Waals surface area contributed by atoms with Crippen LogP contribution < -0.4 is 15.4 Å². The van der Waals surface area contributed by atoms with E-state index < -0.39 is 23.5 Å². The third-order valence-electron chi connectivity index (χ3n) is 4.28. The molecule has 1 fully saturated rings. The molecule has 0 spiro atoms. The summed E-state index contributed by atoms with van der Waals surface area (Å²) in [6.07, 6.45) is 0.981. The molecule has 8 heteroatoms. The lowest BCUT2D eigenvalue weighted by Gasteiger charge is -2.16. The van der Waals surface area contributed by atoms with Gasteiger partial charge in [0.25, 0.3) is 0 Å². The molecule has 0 saturated heterocycles. The van der Waals surface area contributed by atoms with Gasteiger partial charge >= 0.3 is 6.03 Å². The quantitative estimate of drug-likeness (QED) is 0.887. The predicted octanol–water partition coefficient (Wildman–Crippen LogP) is 2.80. The maximum Gasteiger partial charge on any atom is 0.320 e. The summed E-state index contributed by atoms with van der Waals surface area (Å²) in [5, 5.41) is 5.16. The van der Waals surface area contributed by atoms with Crippen LogP contribution in [0.15, 0.2) is 30.5 Å². The minimum Gasteiger partial charge on any atom is -0.490 e. The Kier molecular flexibility index (Phi) is 3.33. The van der Waals surface area contributed by atoms with Crippen LogP contribution in [0, 0.1) is 23.4 Å². The lowest BCUT2D eigenvalue weighted by Crippen LogP contribution is -2.32. The van der Waals surface area contributed by atoms with E-state index in [1.807, 2.05) is 0 Å². The molecule has 2 N–H and O–H groups in total. The zero-order valence-electron chi connectivity index (χ0n) is 12.2. The number of fused-ring (bicyclic) bond motifs is 3. The van der Waals surface area contributed by atoms with Crippen LogP contribution in [0.4, 0.5) is 23.8 Å². The van der Waals surface area contributed by atoms with Gasteiger partial charge in [-0.25, -0.2) is 22.9 Å². The first-order valence-electron chi connectivity index (χ1n) is 7.34. The second-order valence-corrected chi connectivity index (χ2v) is 5.76. The highest BCUT2D eigenvalue weighted by Crippen LogP contribution is 2.55. The maximum atomic E-state index is 14.0. The molecule has 1 aromatic carbocycles. The molecule has 124 valence electrons. The van der Waals surface area contributed by atoms with Gasteiger partial charge in [-0.15, -0.1) is 0 Å². The van der Waals surface area contributed by atoms with Crippen molar-refractivity contribution in [3.63, 3.8) is 0 Å². The lowest BCUT2D eigenvalue weighted by molar-refractivity contribution is 0.247. The van der Waals surface area contributed by atoms with Gasteiger partial charge in [0, 0.05) is 23.4 Å². The van der Waals surface area contributed by atoms with E-state index in [1.54, 1.807) is 0 Å². The van der Waals surface area contributed by atoms with Gasteiger partial charge in [-0.3, -0.25) is 5.32 Å². The summed E-state index contributed by atoms with van der Waals surface area (Å²) in [5.74, 6) is -2.01. The topological polar surface area (TPSA) is 63.2 Å². The highest BCUT2D eigenvalue weighted by Gasteiger charge is 2.57. The second kappa shape index (κ2) is 5.40. The summed E-state index contributed by atoms with van der Waals surface area (Å²) >= 11 is 0. The number of benzene rings is 1. The molecule has 1 saturated carbocycles. The number of hydrogen-bond donors (Lipinski definition) is 2. The van der Waals surface area contributed by atoms with Crippen molar-refractivity contribution in [1.29, 1.82) is 0 Å². The van der Waals surface area contributed by atoms with Crippen LogP contribution in [0.2, 0.25) is 0 Å². The van der Waals surface area contributed by atoms with Crippen LogP contribution in [0.1, 0.15) is 11.5 Å². The highest BCUT2D eigenvalue weighted by molar-refractivity contribution is 5.88. The minimum atomic E-state index is -0.615. The fraction of sp³-hybridized carbons (Fsp3) is 0.250. The molecular formula is C16H12F3N3O2. The smallest absolute Gasteiger partial charge is 0.320 e. The van der Waals surface area contributed by atoms with E-state index in [-0.39, 0.29) is 41.6 Å². The number of urea groups is 1. The van der Waals surface area contributed by atoms with Crippen molar-refractivity contribution < 1.29 is 22.7 Å². The van der Waals surface area contributed by atoms with Crippen molar-refractivity contribution in [2.24, 2.45) is 5.92 Å². The Morgan fingerprint density at radius 1 is 1.17 bits per heavy atom. The molecule has 5 nitrogen and oxygen atoms in total. The monoisotopic (exact) mass is 335 g/mol. The molecule has 24 heavy (non-hydrogen) atoms. The Labute approximate surface area is 134 Å². The first-order valence-corrected chi connectivity index (χ1v) is 7.34. The molecule has 0 unspecified atom stereocenters. The highest BCUT2D eigenvalue weighted by atomic mass is 19.1. The number of halogens is 3. The summed E-state index contributed by atoms with van der Waals surface area (Å²) in [6, 6.07) is 3.66. The number of amides is 2. The van der Waals surface area contributed by atoms with Crippen molar-refractivity contribution in [3.05, 3.63) is 53.5 Å². The summed E-state index contributed by atoms with van der Waals surface area (Å²) in [6.45, 7) is 0.206. The van der Waals surface area contributed by atoms with Crippen molar-refractivity contribution in [1.82, 2.24) is 10.3 Å². The number of nitrogens with one attached hydrogen (secondary N) is 2. The van der Waals surface area contributed by atoms with E-state index in [4.69, 9.17) is 4.74 Å². The van der Waals surface area contributed by atoms with Crippen molar-refractivity contribution >= 4 is 11.8 Å². The molecule has 4 rings (SSSR count). The number of ether oxygens (including phenoxy) is 1. The molecule has 1 aliphatic heterocycles. The molecule has 0 radical (unpaired) electrons. The number of pyridine rings is 1. The van der Waals surface area contributed by atoms with Gasteiger partial charge in [0.2, 0.25) is 0 Å². The standard InChI is InChI=1S/C16H12F3N3O2/c17-7-1-4-11(20-5-7)21-16(23)22-14-8-6-24-15-10(19)3-2-9(18)13(15)12(8)14/h1-5,8,12,14H,6H2,(H2,20,21,22,23)/t8-,12-,14-/m1/s1. The third-order valence-corrected chi connectivity index (χ3v) is 4.28. The number of hydrogen-bond acceptors (Lipinski definition) is 3. The van der Waals surface area contributed by atoms with Gasteiger partial charge in [-0.1, -0.05) is 0 Å². The Morgan fingerprint density at radius 3 is 2.71 bits per heavy atom. The van der Waals surface area contributed by atoms with Crippen molar-refractivity contribution in [2.45, 2.75) is 12.0 Å². The molecule has 1 aliphatic carbocycles. The molecular weight excluding hydrogens is 323 g/mol. The van der Waals surface area contributed by atoms with Crippen LogP contribution >= 0.6 is 0 Å². The van der Waals surface area contributed by atoms with E-state index >= 15 is 0 Å². The number of carbonyl (C=O) groups is 1. The molecule has 3 atom stereocenters. The summed E-state index contributed by atoms with van der Waals surface area (Å²) in [4.78, 5) is 15.7. The summed E-state index contributed by atoms with van der Waals surface area (Å²) in [5.41, 5.74) is 0.163. The first-order chi connectivity index (χ1) is 11.5. The number of rotatable bonds is 2. The number of aromatic nitrogens is 1. The predicted molar refractivity (Wildman–Crippen MR) is 78.2 cm³/mol. The van der Waals surface area contributed by atoms with Crippen LogP contribution in [-0.4, -0.2) is 23.7 Å². The third kappa shape index (κ3) is 2.44. The molecule has 2 aliphatic rings. The maximum absolute atomic E-state index is 14.0. The molecule has 2 amide bonds. The zero-order chi connectivity index (χ0) is 16.8. The summed E-state index contributed by atoms with van der Waals surface area (Å²) in [7, 11) is 0. The average Bonchev–Trinajstić information content (AvgIpc) is 3.26. The van der Waals surface area contributed by atoms with Crippen LogP contribution in [0.3, 0.4) is 0 Å². The van der Waals surface area contributed by atoms with Gasteiger partial charge in [0.15, 0.2) is 11.6 Å². The van der Waals surface area contributed by atoms with Crippen molar-refractivity contribution in [3.8, 4) is 5.75 Å². The fourth-order valence-electron chi connectivity index (χ4n) is 3.11. The van der Waals surface area contributed by atoms with E-state index in [2.05, 4.69) is 15.6 Å². The van der Waals surface area contributed by atoms with Gasteiger partial charge in [0.05, 0.1) is 12.8 Å². The largest absolute Gasteiger partial charge is 0.490 e. The molecule has 2 heterocycles. The Bertz CT molecular complexity index is 813. The Balaban J connectivity index is 1.47. The number of carbonyl (C=O) groups excluding carboxylic acids is 1.